The van der Waals surface area contributed by atoms with Gasteiger partial charge in [0.1, 0.15) is 19.8 Å². The Hall–Kier alpha value is -1.63. The molecule has 0 radical (unpaired) electrons. The van der Waals surface area contributed by atoms with E-state index in [2.05, 4.69) is 28.2 Å². The Morgan fingerprint density at radius 3 is 2.58 bits per heavy atom. The van der Waals surface area contributed by atoms with Crippen molar-refractivity contribution >= 4 is 28.3 Å². The van der Waals surface area contributed by atoms with E-state index in [1.165, 1.54) is 0 Å². The van der Waals surface area contributed by atoms with Crippen LogP contribution in [-0.4, -0.2) is 26.9 Å². The fraction of sp³-hybridized carbons (Fsp3) is 0.368. The van der Waals surface area contributed by atoms with Gasteiger partial charge in [-0.15, -0.1) is 12.4 Å². The number of ether oxygens (including phenoxy) is 4. The van der Waals surface area contributed by atoms with Crippen molar-refractivity contribution < 1.29 is 18.9 Å². The second-order valence-electron chi connectivity index (χ2n) is 5.66. The molecule has 1 N–H and O–H groups in total. The molecule has 0 fully saturated rings. The smallest absolute Gasteiger partial charge is 0.175 e. The fourth-order valence-corrected chi connectivity index (χ4v) is 3.22. The molecule has 0 saturated carbocycles. The molecule has 1 heterocycles. The van der Waals surface area contributed by atoms with Gasteiger partial charge in [0.15, 0.2) is 23.0 Å². The predicted molar refractivity (Wildman–Crippen MR) is 107 cm³/mol. The average Bonchev–Trinajstić information content (AvgIpc) is 2.64. The molecule has 0 atom stereocenters. The number of methoxy groups -OCH3 is 1. The molecule has 7 heteroatoms. The first-order chi connectivity index (χ1) is 12.2. The molecular weight excluding hydrogens is 422 g/mol. The largest absolute Gasteiger partial charge is 0.493 e. The van der Waals surface area contributed by atoms with Crippen LogP contribution in [0.25, 0.3) is 0 Å². The average molecular weight is 445 g/mol. The zero-order valence-corrected chi connectivity index (χ0v) is 17.2. The summed E-state index contributed by atoms with van der Waals surface area (Å²) in [6.45, 7) is 5.36. The van der Waals surface area contributed by atoms with Crippen LogP contribution < -0.4 is 24.3 Å². The van der Waals surface area contributed by atoms with Gasteiger partial charge in [0, 0.05) is 6.54 Å². The van der Waals surface area contributed by atoms with Crippen molar-refractivity contribution in [3.8, 4) is 23.0 Å². The molecule has 2 aromatic carbocycles. The molecule has 0 saturated heterocycles. The van der Waals surface area contributed by atoms with Gasteiger partial charge in [-0.3, -0.25) is 0 Å². The molecule has 0 bridgehead atoms. The van der Waals surface area contributed by atoms with Crippen molar-refractivity contribution in [3.63, 3.8) is 0 Å². The van der Waals surface area contributed by atoms with E-state index in [-0.39, 0.29) is 12.4 Å². The maximum absolute atomic E-state index is 6.01. The van der Waals surface area contributed by atoms with Gasteiger partial charge in [-0.1, -0.05) is 13.0 Å². The first-order valence-corrected chi connectivity index (χ1v) is 9.09. The van der Waals surface area contributed by atoms with Crippen molar-refractivity contribution in [3.05, 3.63) is 45.9 Å². The summed E-state index contributed by atoms with van der Waals surface area (Å²) in [4.78, 5) is 0. The number of benzene rings is 2. The van der Waals surface area contributed by atoms with Crippen LogP contribution in [0.5, 0.6) is 23.0 Å². The van der Waals surface area contributed by atoms with Gasteiger partial charge in [0.2, 0.25) is 0 Å². The SMILES string of the molecule is CCNCc1cc(Br)c(OCc2ccc3c(c2)OCCO3)c(OC)c1.Cl. The lowest BCUT2D eigenvalue weighted by atomic mass is 10.2. The summed E-state index contributed by atoms with van der Waals surface area (Å²) in [6.07, 6.45) is 0. The number of hydrogen-bond acceptors (Lipinski definition) is 5. The fourth-order valence-electron chi connectivity index (χ4n) is 2.62. The zero-order valence-electron chi connectivity index (χ0n) is 14.8. The van der Waals surface area contributed by atoms with E-state index in [0.717, 1.165) is 40.2 Å². The maximum Gasteiger partial charge on any atom is 0.175 e. The second kappa shape index (κ2) is 9.90. The standard InChI is InChI=1S/C19H22BrNO4.ClH/c1-3-21-11-14-8-15(20)19(18(10-14)22-2)25-12-13-4-5-16-17(9-13)24-7-6-23-16;/h4-5,8-10,21H,3,6-7,11-12H2,1-2H3;1H. The number of halogens is 2. The number of hydrogen-bond donors (Lipinski definition) is 1. The molecule has 0 spiro atoms. The van der Waals surface area contributed by atoms with E-state index in [1.54, 1.807) is 7.11 Å². The lowest BCUT2D eigenvalue weighted by Gasteiger charge is -2.19. The van der Waals surface area contributed by atoms with Gasteiger partial charge >= 0.3 is 0 Å². The normalized spacial score (nSPS) is 12.3. The molecule has 0 aromatic heterocycles. The highest BCUT2D eigenvalue weighted by atomic mass is 79.9. The third-order valence-electron chi connectivity index (χ3n) is 3.86. The quantitative estimate of drug-likeness (QED) is 0.688. The van der Waals surface area contributed by atoms with Crippen LogP contribution in [0.3, 0.4) is 0 Å². The van der Waals surface area contributed by atoms with Crippen molar-refractivity contribution in [2.45, 2.75) is 20.1 Å². The van der Waals surface area contributed by atoms with Gasteiger partial charge < -0.3 is 24.3 Å². The number of rotatable bonds is 7. The third kappa shape index (κ3) is 4.96. The van der Waals surface area contributed by atoms with Gasteiger partial charge in [-0.05, 0) is 57.9 Å². The Labute approximate surface area is 168 Å². The third-order valence-corrected chi connectivity index (χ3v) is 4.45. The molecule has 0 unspecified atom stereocenters. The molecule has 2 aromatic rings. The monoisotopic (exact) mass is 443 g/mol. The minimum atomic E-state index is 0. The first-order valence-electron chi connectivity index (χ1n) is 8.29. The summed E-state index contributed by atoms with van der Waals surface area (Å²) in [7, 11) is 1.65. The van der Waals surface area contributed by atoms with Crippen LogP contribution in [0.2, 0.25) is 0 Å². The number of nitrogens with one attached hydrogen (secondary N) is 1. The predicted octanol–water partition coefficient (Wildman–Crippen LogP) is 4.34. The van der Waals surface area contributed by atoms with E-state index in [0.29, 0.717) is 31.3 Å². The summed E-state index contributed by atoms with van der Waals surface area (Å²) in [6, 6.07) is 9.89. The zero-order chi connectivity index (χ0) is 17.6. The summed E-state index contributed by atoms with van der Waals surface area (Å²) in [5.41, 5.74) is 2.15. The Morgan fingerprint density at radius 2 is 1.85 bits per heavy atom. The molecule has 3 rings (SSSR count). The highest BCUT2D eigenvalue weighted by molar-refractivity contribution is 9.10. The van der Waals surface area contributed by atoms with Crippen LogP contribution in [-0.2, 0) is 13.2 Å². The minimum absolute atomic E-state index is 0. The Kier molecular flexibility index (Phi) is 7.87. The molecule has 0 aliphatic carbocycles. The molecule has 1 aliphatic rings. The Morgan fingerprint density at radius 1 is 1.08 bits per heavy atom. The van der Waals surface area contributed by atoms with Gasteiger partial charge in [-0.25, -0.2) is 0 Å². The van der Waals surface area contributed by atoms with Crippen LogP contribution in [0.4, 0.5) is 0 Å². The summed E-state index contributed by atoms with van der Waals surface area (Å²) in [5.74, 6) is 2.94. The van der Waals surface area contributed by atoms with Gasteiger partial charge in [-0.2, -0.15) is 0 Å². The van der Waals surface area contributed by atoms with E-state index < -0.39 is 0 Å². The summed E-state index contributed by atoms with van der Waals surface area (Å²) < 4.78 is 23.5. The lowest BCUT2D eigenvalue weighted by molar-refractivity contribution is 0.171. The van der Waals surface area contributed by atoms with Crippen molar-refractivity contribution in [2.75, 3.05) is 26.9 Å². The molecule has 0 amide bonds. The molecule has 142 valence electrons. The van der Waals surface area contributed by atoms with E-state index >= 15 is 0 Å². The highest BCUT2D eigenvalue weighted by Crippen LogP contribution is 2.38. The number of fused-ring (bicyclic) bond motifs is 1. The Balaban J connectivity index is 0.00000243. The second-order valence-corrected chi connectivity index (χ2v) is 6.51. The molecular formula is C19H23BrClNO4. The van der Waals surface area contributed by atoms with E-state index in [1.807, 2.05) is 30.3 Å². The summed E-state index contributed by atoms with van der Waals surface area (Å²) >= 11 is 3.59. The minimum Gasteiger partial charge on any atom is -0.493 e. The van der Waals surface area contributed by atoms with E-state index in [9.17, 15) is 0 Å². The molecule has 1 aliphatic heterocycles. The Bertz CT molecular complexity index is 742. The van der Waals surface area contributed by atoms with Crippen LogP contribution >= 0.6 is 28.3 Å². The topological polar surface area (TPSA) is 49.0 Å². The maximum atomic E-state index is 6.01. The van der Waals surface area contributed by atoms with Gasteiger partial charge in [0.25, 0.3) is 0 Å². The van der Waals surface area contributed by atoms with Crippen molar-refractivity contribution in [1.29, 1.82) is 0 Å². The van der Waals surface area contributed by atoms with Crippen molar-refractivity contribution in [2.24, 2.45) is 0 Å². The lowest BCUT2D eigenvalue weighted by Crippen LogP contribution is -2.15. The molecule has 5 nitrogen and oxygen atoms in total. The van der Waals surface area contributed by atoms with Gasteiger partial charge in [0.05, 0.1) is 11.6 Å². The van der Waals surface area contributed by atoms with Crippen LogP contribution in [0.15, 0.2) is 34.8 Å². The highest BCUT2D eigenvalue weighted by Gasteiger charge is 2.14. The summed E-state index contributed by atoms with van der Waals surface area (Å²) in [5, 5.41) is 3.31. The van der Waals surface area contributed by atoms with Crippen molar-refractivity contribution in [1.82, 2.24) is 5.32 Å². The van der Waals surface area contributed by atoms with E-state index in [4.69, 9.17) is 18.9 Å². The van der Waals surface area contributed by atoms with Crippen LogP contribution in [0.1, 0.15) is 18.1 Å². The first kappa shape index (κ1) is 20.7. The van der Waals surface area contributed by atoms with Crippen LogP contribution in [0, 0.1) is 0 Å². The molecule has 26 heavy (non-hydrogen) atoms.